The summed E-state index contributed by atoms with van der Waals surface area (Å²) >= 11 is 20.4. The minimum absolute atomic E-state index is 0.106. The molecule has 7 aromatic rings. The van der Waals surface area contributed by atoms with E-state index in [9.17, 15) is 75.0 Å². The Kier molecular flexibility index (Phi) is 25.5. The van der Waals surface area contributed by atoms with Gasteiger partial charge in [-0.15, -0.1) is 0 Å². The number of likely N-dealkylation sites (N-methyl/N-ethyl adjacent to an activating group) is 1. The average molecular weight is 1650 g/mol. The lowest BCUT2D eigenvalue weighted by Crippen LogP contribution is -2.65. The molecule has 7 amide bonds. The van der Waals surface area contributed by atoms with Crippen LogP contribution in [0.4, 0.5) is 0 Å². The molecule has 7 aliphatic heterocycles. The zero-order valence-corrected chi connectivity index (χ0v) is 64.2. The van der Waals surface area contributed by atoms with E-state index in [-0.39, 0.29) is 52.8 Å². The number of ether oxygens (including phenoxy) is 6. The normalized spacial score (nSPS) is 27.2. The predicted octanol–water partition coefficient (Wildman–Crippen LogP) is 4.26. The van der Waals surface area contributed by atoms with Gasteiger partial charge in [0.25, 0.3) is 0 Å². The number of hydrogen-bond donors (Lipinski definition) is 19. The van der Waals surface area contributed by atoms with Gasteiger partial charge in [-0.2, -0.15) is 0 Å². The fourth-order valence-electron chi connectivity index (χ4n) is 14.4. The van der Waals surface area contributed by atoms with Crippen molar-refractivity contribution in [3.8, 4) is 68.2 Å². The minimum Gasteiger partial charge on any atom is -0.508 e. The number of carboxylic acids is 1. The van der Waals surface area contributed by atoms with Gasteiger partial charge in [-0.3, -0.25) is 33.6 Å². The molecule has 20 N–H and O–H groups in total. The molecule has 2 saturated heterocycles. The number of phenols is 3. The van der Waals surface area contributed by atoms with Crippen molar-refractivity contribution >= 4 is 82.1 Å². The van der Waals surface area contributed by atoms with Crippen LogP contribution in [-0.2, 0) is 59.1 Å². The van der Waals surface area contributed by atoms with Gasteiger partial charge in [0.2, 0.25) is 53.4 Å². The van der Waals surface area contributed by atoms with Crippen molar-refractivity contribution in [1.82, 2.24) is 42.5 Å². The van der Waals surface area contributed by atoms with E-state index in [0.717, 1.165) is 83.4 Å². The number of halogens is 3. The topological polar surface area (TPSA) is 517 Å². The van der Waals surface area contributed by atoms with Crippen molar-refractivity contribution in [2.75, 3.05) is 13.7 Å². The number of aliphatic hydroxyl groups is 6. The Balaban J connectivity index is 1.04. The number of hydrogen-bond acceptors (Lipinski definition) is 25. The fraction of sp³-hybridized carbons (Fsp3) is 0.367. The van der Waals surface area contributed by atoms with E-state index in [1.54, 1.807) is 26.0 Å². The van der Waals surface area contributed by atoms with E-state index in [2.05, 4.69) is 42.5 Å². The third kappa shape index (κ3) is 18.3. The SMILES string of the molecule is CN[C@H](CC(C)C)C(=O)NC1C(=O)NC(CC(N)=O)C(=O)NC2C(=O)NC3C(=O)NC(C(=O)N[C@H](C(=O)O)c4cc(O)cc(O)c4-c4cc3ccc4O)C(O)c3ccc(c(Cl)c3)Oc3cc2cc(c3OC2OC(CO)C(O)C(O)C2OC2CC(C)(NCc3ccc(-c4ccc(Cl)cc4)cc3)C(O)C(C)O2)Oc2ccc(cc2Cl)C1O. The maximum absolute atomic E-state index is 16.2. The van der Waals surface area contributed by atoms with E-state index in [0.29, 0.717) is 5.02 Å². The van der Waals surface area contributed by atoms with E-state index in [1.165, 1.54) is 19.2 Å². The molecule has 16 unspecified atom stereocenters. The molecule has 36 heteroatoms. The fourth-order valence-corrected chi connectivity index (χ4v) is 15.0. The highest BCUT2D eigenvalue weighted by Crippen LogP contribution is 2.50. The van der Waals surface area contributed by atoms with Crippen molar-refractivity contribution in [1.29, 1.82) is 0 Å². The average Bonchev–Trinajstić information content (AvgIpc) is 0.764. The van der Waals surface area contributed by atoms with Gasteiger partial charge in [-0.25, -0.2) is 4.79 Å². The summed E-state index contributed by atoms with van der Waals surface area (Å²) in [5.74, 6) is -16.0. The Bertz CT molecular complexity index is 4890. The number of nitrogens with two attached hydrogens (primary N) is 1. The largest absolute Gasteiger partial charge is 0.508 e. The Morgan fingerprint density at radius 2 is 1.26 bits per heavy atom. The number of aromatic hydroxyl groups is 3. The van der Waals surface area contributed by atoms with E-state index in [4.69, 9.17) is 69.0 Å². The smallest absolute Gasteiger partial charge is 0.330 e. The van der Waals surface area contributed by atoms with Gasteiger partial charge < -0.3 is 128 Å². The van der Waals surface area contributed by atoms with Crippen LogP contribution in [-0.4, -0.2) is 191 Å². The highest BCUT2D eigenvalue weighted by atomic mass is 35.5. The van der Waals surface area contributed by atoms with Crippen molar-refractivity contribution in [3.63, 3.8) is 0 Å². The summed E-state index contributed by atoms with van der Waals surface area (Å²) in [5, 5.41) is 137. The Morgan fingerprint density at radius 3 is 1.86 bits per heavy atom. The third-order valence-electron chi connectivity index (χ3n) is 20.6. The molecule has 0 spiro atoms. The summed E-state index contributed by atoms with van der Waals surface area (Å²) in [6.07, 6.45) is -18.7. The summed E-state index contributed by atoms with van der Waals surface area (Å²) in [6.45, 7) is 6.15. The van der Waals surface area contributed by atoms with Crippen molar-refractivity contribution in [2.45, 2.75) is 163 Å². The van der Waals surface area contributed by atoms with Gasteiger partial charge in [0, 0.05) is 46.3 Å². The van der Waals surface area contributed by atoms with E-state index >= 15 is 14.4 Å². The van der Waals surface area contributed by atoms with Gasteiger partial charge in [0.1, 0.15) is 89.5 Å². The number of primary amides is 1. The number of nitrogens with one attached hydrogen (secondary N) is 8. The number of phenolic OH excluding ortho intramolecular Hbond substituents is 3. The molecule has 115 heavy (non-hydrogen) atoms. The molecule has 0 aliphatic carbocycles. The highest BCUT2D eigenvalue weighted by molar-refractivity contribution is 6.32. The highest BCUT2D eigenvalue weighted by Gasteiger charge is 2.52. The van der Waals surface area contributed by atoms with Crippen LogP contribution in [0.3, 0.4) is 0 Å². The quantitative estimate of drug-likeness (QED) is 0.0605. The van der Waals surface area contributed by atoms with E-state index < -0.39 is 237 Å². The van der Waals surface area contributed by atoms with Crippen LogP contribution in [0, 0.1) is 5.92 Å². The first kappa shape index (κ1) is 83.9. The van der Waals surface area contributed by atoms with Crippen LogP contribution in [0.25, 0.3) is 22.3 Å². The molecular weight excluding hydrogens is 1570 g/mol. The van der Waals surface area contributed by atoms with Crippen LogP contribution < -0.4 is 62.5 Å². The molecule has 610 valence electrons. The van der Waals surface area contributed by atoms with Gasteiger partial charge in [-0.1, -0.05) is 103 Å². The lowest BCUT2D eigenvalue weighted by molar-refractivity contribution is -0.334. The molecule has 0 radical (unpaired) electrons. The Morgan fingerprint density at radius 1 is 0.661 bits per heavy atom. The number of amides is 7. The summed E-state index contributed by atoms with van der Waals surface area (Å²) in [6, 6.07) is 14.3. The summed E-state index contributed by atoms with van der Waals surface area (Å²) < 4.78 is 39.5. The number of carbonyl (C=O) groups excluding carboxylic acids is 7. The molecule has 33 nitrogen and oxygen atoms in total. The second-order valence-corrected chi connectivity index (χ2v) is 30.4. The zero-order valence-electron chi connectivity index (χ0n) is 62.0. The number of fused-ring (bicyclic) bond motifs is 15. The van der Waals surface area contributed by atoms with Gasteiger partial charge >= 0.3 is 5.97 Å². The van der Waals surface area contributed by atoms with Crippen LogP contribution in [0.15, 0.2) is 127 Å². The predicted molar refractivity (Wildman–Crippen MR) is 409 cm³/mol. The molecular formula is C79H84Cl3N9O24. The number of carboxylic acid groups (broad SMARTS) is 1. The number of aliphatic hydroxyl groups excluding tert-OH is 6. The number of carbonyl (C=O) groups is 8. The number of rotatable bonds is 17. The first-order chi connectivity index (χ1) is 54.6. The second kappa shape index (κ2) is 34.9. The van der Waals surface area contributed by atoms with Crippen LogP contribution in [0.1, 0.15) is 111 Å². The van der Waals surface area contributed by atoms with Crippen molar-refractivity contribution in [3.05, 3.63) is 176 Å². The molecule has 7 aliphatic rings. The van der Waals surface area contributed by atoms with Crippen molar-refractivity contribution < 1.29 is 118 Å². The van der Waals surface area contributed by atoms with Gasteiger partial charge in [-0.05, 0) is 139 Å². The first-order valence-electron chi connectivity index (χ1n) is 36.4. The lowest BCUT2D eigenvalue weighted by atomic mass is 9.84. The monoisotopic (exact) mass is 1650 g/mol. The Hall–Kier alpha value is -10.5. The number of benzene rings is 7. The number of aliphatic carboxylic acids is 1. The van der Waals surface area contributed by atoms with Gasteiger partial charge in [0.15, 0.2) is 29.9 Å². The molecule has 0 aromatic heterocycles. The standard InChI is InChI=1S/C79H84Cl3N9O24/c1-32(2)20-47(84-5)71(102)90-62-64(97)38-13-18-51(45(81)22-38)111-53-24-40-25-54(68(53)115-78-69(67(100)66(99)55(31-92)113-78)114-57-29-79(4,70(101)33(3)110-57)85-30-34-6-8-35(9-7-34)36-10-15-41(80)16-11-36)112-52-19-14-39(23-46(52)82)65(98)63-76(107)89-61(77(108)109)44-26-42(93)27-50(95)58(44)43-21-37(12-17-49(43)94)59(73(104)91-63)88-74(105)60(40)87-72(103)48(28-56(83)96)86-75(62)106/h6-19,21-27,32-33,47-48,55,57,59-67,69-70,78,84-85,92-95,97-101H,20,28-31H2,1-5H3,(H2,83,96)(H,86,106)(H,87,103)(H,88,105)(H,89,107)(H,90,102)(H,91,104)(H,108,109)/t33?,47-,48?,55?,57?,59?,60?,61+,62?,63?,64?,65?,66?,67?,69?,70?,78?,79?/m1/s1. The maximum Gasteiger partial charge on any atom is 0.330 e. The molecule has 11 bridgehead atoms. The minimum atomic E-state index is -2.36. The van der Waals surface area contributed by atoms with Crippen LogP contribution >= 0.6 is 34.8 Å². The molecule has 7 aromatic carbocycles. The summed E-state index contributed by atoms with van der Waals surface area (Å²) in [5.41, 5.74) is 4.32. The molecule has 0 saturated carbocycles. The summed E-state index contributed by atoms with van der Waals surface area (Å²) in [4.78, 5) is 118. The third-order valence-corrected chi connectivity index (χ3v) is 21.4. The second-order valence-electron chi connectivity index (χ2n) is 29.2. The van der Waals surface area contributed by atoms with Crippen LogP contribution in [0.5, 0.6) is 46.0 Å². The first-order valence-corrected chi connectivity index (χ1v) is 37.5. The Labute approximate surface area is 671 Å². The molecule has 14 rings (SSSR count). The molecule has 7 heterocycles. The summed E-state index contributed by atoms with van der Waals surface area (Å²) in [7, 11) is 1.48. The van der Waals surface area contributed by atoms with Gasteiger partial charge in [0.05, 0.1) is 41.3 Å². The molecule has 18 atom stereocenters. The maximum atomic E-state index is 16.2. The van der Waals surface area contributed by atoms with E-state index in [1.807, 2.05) is 50.2 Å². The molecule has 2 fully saturated rings. The van der Waals surface area contributed by atoms with Crippen LogP contribution in [0.2, 0.25) is 15.1 Å². The van der Waals surface area contributed by atoms with Crippen molar-refractivity contribution in [2.24, 2.45) is 11.7 Å². The zero-order chi connectivity index (χ0) is 82.9. The lowest BCUT2D eigenvalue weighted by Gasteiger charge is -2.48.